The molecule has 2 aromatic carbocycles. The summed E-state index contributed by atoms with van der Waals surface area (Å²) in [6.07, 6.45) is 0. The van der Waals surface area contributed by atoms with Gasteiger partial charge in [-0.05, 0) is 35.2 Å². The van der Waals surface area contributed by atoms with E-state index in [2.05, 4.69) is 38.2 Å². The molecule has 0 bridgehead atoms. The van der Waals surface area contributed by atoms with Gasteiger partial charge in [-0.25, -0.2) is 0 Å². The van der Waals surface area contributed by atoms with Crippen molar-refractivity contribution < 1.29 is 0 Å². The highest BCUT2D eigenvalue weighted by molar-refractivity contribution is 6.30. The monoisotopic (exact) mass is 284 g/mol. The fourth-order valence-electron chi connectivity index (χ4n) is 2.11. The summed E-state index contributed by atoms with van der Waals surface area (Å²) in [6, 6.07) is 15.5. The van der Waals surface area contributed by atoms with Gasteiger partial charge in [-0.3, -0.25) is 0 Å². The molecule has 0 aliphatic rings. The number of hydrogen-bond donors (Lipinski definition) is 1. The molecule has 2 rings (SSSR count). The SMILES string of the molecule is CC(C)(C)c1ccccc1Nc1cc(Cl)ccc1C#N. The van der Waals surface area contributed by atoms with Gasteiger partial charge in [0, 0.05) is 10.7 Å². The Morgan fingerprint density at radius 2 is 1.75 bits per heavy atom. The molecule has 20 heavy (non-hydrogen) atoms. The van der Waals surface area contributed by atoms with Crippen molar-refractivity contribution in [3.05, 3.63) is 58.6 Å². The third kappa shape index (κ3) is 3.12. The second kappa shape index (κ2) is 5.56. The molecule has 1 N–H and O–H groups in total. The number of rotatable bonds is 2. The second-order valence-electron chi connectivity index (χ2n) is 5.72. The zero-order chi connectivity index (χ0) is 14.8. The largest absolute Gasteiger partial charge is 0.354 e. The van der Waals surface area contributed by atoms with Crippen molar-refractivity contribution in [2.45, 2.75) is 26.2 Å². The Hall–Kier alpha value is -1.98. The third-order valence-corrected chi connectivity index (χ3v) is 3.34. The van der Waals surface area contributed by atoms with Gasteiger partial charge in [0.05, 0.1) is 11.3 Å². The van der Waals surface area contributed by atoms with E-state index in [4.69, 9.17) is 11.6 Å². The van der Waals surface area contributed by atoms with Gasteiger partial charge in [-0.1, -0.05) is 50.6 Å². The minimum atomic E-state index is 0.0228. The van der Waals surface area contributed by atoms with E-state index >= 15 is 0 Å². The molecule has 0 aromatic heterocycles. The summed E-state index contributed by atoms with van der Waals surface area (Å²) in [6.45, 7) is 6.49. The van der Waals surface area contributed by atoms with Crippen LogP contribution in [0.1, 0.15) is 31.9 Å². The van der Waals surface area contributed by atoms with Crippen molar-refractivity contribution in [3.63, 3.8) is 0 Å². The molecule has 0 saturated carbocycles. The van der Waals surface area contributed by atoms with Gasteiger partial charge in [0.2, 0.25) is 0 Å². The van der Waals surface area contributed by atoms with Crippen molar-refractivity contribution in [2.24, 2.45) is 0 Å². The average molecular weight is 285 g/mol. The van der Waals surface area contributed by atoms with E-state index in [1.807, 2.05) is 18.2 Å². The molecule has 0 spiro atoms. The first kappa shape index (κ1) is 14.4. The lowest BCUT2D eigenvalue weighted by Crippen LogP contribution is -2.13. The molecular weight excluding hydrogens is 268 g/mol. The zero-order valence-electron chi connectivity index (χ0n) is 11.9. The molecule has 0 aliphatic carbocycles. The highest BCUT2D eigenvalue weighted by atomic mass is 35.5. The van der Waals surface area contributed by atoms with Gasteiger partial charge < -0.3 is 5.32 Å². The number of benzene rings is 2. The summed E-state index contributed by atoms with van der Waals surface area (Å²) in [7, 11) is 0. The molecule has 0 saturated heterocycles. The fourth-order valence-corrected chi connectivity index (χ4v) is 2.28. The first-order valence-corrected chi connectivity index (χ1v) is 6.86. The van der Waals surface area contributed by atoms with Gasteiger partial charge >= 0.3 is 0 Å². The molecule has 2 nitrogen and oxygen atoms in total. The van der Waals surface area contributed by atoms with Crippen LogP contribution in [-0.2, 0) is 5.41 Å². The Labute approximate surface area is 125 Å². The maximum atomic E-state index is 9.18. The van der Waals surface area contributed by atoms with Crippen LogP contribution < -0.4 is 5.32 Å². The number of hydrogen-bond acceptors (Lipinski definition) is 2. The maximum Gasteiger partial charge on any atom is 0.101 e. The predicted octanol–water partition coefficient (Wildman–Crippen LogP) is 5.25. The maximum absolute atomic E-state index is 9.18. The Kier molecular flexibility index (Phi) is 4.01. The lowest BCUT2D eigenvalue weighted by Gasteiger charge is -2.23. The number of nitriles is 1. The minimum Gasteiger partial charge on any atom is -0.354 e. The van der Waals surface area contributed by atoms with Crippen molar-refractivity contribution in [1.82, 2.24) is 0 Å². The van der Waals surface area contributed by atoms with Crippen LogP contribution in [0.5, 0.6) is 0 Å². The first-order valence-electron chi connectivity index (χ1n) is 6.48. The summed E-state index contributed by atoms with van der Waals surface area (Å²) in [5, 5.41) is 13.1. The third-order valence-electron chi connectivity index (χ3n) is 3.11. The van der Waals surface area contributed by atoms with Gasteiger partial charge in [-0.15, -0.1) is 0 Å². The lowest BCUT2D eigenvalue weighted by molar-refractivity contribution is 0.592. The van der Waals surface area contributed by atoms with Crippen LogP contribution in [0.4, 0.5) is 11.4 Å². The van der Waals surface area contributed by atoms with Crippen molar-refractivity contribution in [3.8, 4) is 6.07 Å². The molecule has 0 fully saturated rings. The number of halogens is 1. The van der Waals surface area contributed by atoms with E-state index in [1.54, 1.807) is 18.2 Å². The second-order valence-corrected chi connectivity index (χ2v) is 6.16. The van der Waals surface area contributed by atoms with E-state index < -0.39 is 0 Å². The van der Waals surface area contributed by atoms with E-state index in [9.17, 15) is 5.26 Å². The van der Waals surface area contributed by atoms with Crippen LogP contribution >= 0.6 is 11.6 Å². The van der Waals surface area contributed by atoms with E-state index in [-0.39, 0.29) is 5.41 Å². The van der Waals surface area contributed by atoms with Gasteiger partial charge in [0.25, 0.3) is 0 Å². The number of nitrogens with one attached hydrogen (secondary N) is 1. The van der Waals surface area contributed by atoms with Crippen molar-refractivity contribution in [2.75, 3.05) is 5.32 Å². The summed E-state index contributed by atoms with van der Waals surface area (Å²) >= 11 is 6.02. The molecule has 0 unspecified atom stereocenters. The Balaban J connectivity index is 2.46. The van der Waals surface area contributed by atoms with Crippen molar-refractivity contribution >= 4 is 23.0 Å². The standard InChI is InChI=1S/C17H17ClN2/c1-17(2,3)14-6-4-5-7-15(14)20-16-10-13(18)9-8-12(16)11-19/h4-10,20H,1-3H3. The topological polar surface area (TPSA) is 35.8 Å². The first-order chi connectivity index (χ1) is 9.41. The number of anilines is 2. The van der Waals surface area contributed by atoms with Crippen LogP contribution in [0, 0.1) is 11.3 Å². The highest BCUT2D eigenvalue weighted by Crippen LogP contribution is 2.32. The quantitative estimate of drug-likeness (QED) is 0.817. The molecule has 0 amide bonds. The molecule has 102 valence electrons. The summed E-state index contributed by atoms with van der Waals surface area (Å²) in [4.78, 5) is 0. The van der Waals surface area contributed by atoms with Crippen molar-refractivity contribution in [1.29, 1.82) is 5.26 Å². The summed E-state index contributed by atoms with van der Waals surface area (Å²) < 4.78 is 0. The zero-order valence-corrected chi connectivity index (χ0v) is 12.6. The Morgan fingerprint density at radius 1 is 1.05 bits per heavy atom. The molecule has 0 radical (unpaired) electrons. The molecule has 0 atom stereocenters. The van der Waals surface area contributed by atoms with Gasteiger partial charge in [-0.2, -0.15) is 5.26 Å². The summed E-state index contributed by atoms with van der Waals surface area (Å²) in [5.74, 6) is 0. The van der Waals surface area contributed by atoms with Crippen LogP contribution in [0.3, 0.4) is 0 Å². The van der Waals surface area contributed by atoms with Gasteiger partial charge in [0.1, 0.15) is 6.07 Å². The van der Waals surface area contributed by atoms with Crippen LogP contribution in [0.15, 0.2) is 42.5 Å². The molecule has 2 aromatic rings. The molecular formula is C17H17ClN2. The number of para-hydroxylation sites is 1. The Bertz CT molecular complexity index is 663. The average Bonchev–Trinajstić information content (AvgIpc) is 2.38. The normalized spacial score (nSPS) is 10.9. The fraction of sp³-hybridized carbons (Fsp3) is 0.235. The smallest absolute Gasteiger partial charge is 0.101 e. The lowest BCUT2D eigenvalue weighted by atomic mass is 9.85. The van der Waals surface area contributed by atoms with Crippen LogP contribution in [0.25, 0.3) is 0 Å². The van der Waals surface area contributed by atoms with E-state index in [1.165, 1.54) is 5.56 Å². The van der Waals surface area contributed by atoms with E-state index in [0.717, 1.165) is 11.4 Å². The minimum absolute atomic E-state index is 0.0228. The number of nitrogens with zero attached hydrogens (tertiary/aromatic N) is 1. The van der Waals surface area contributed by atoms with E-state index in [0.29, 0.717) is 10.6 Å². The Morgan fingerprint density at radius 3 is 2.40 bits per heavy atom. The summed E-state index contributed by atoms with van der Waals surface area (Å²) in [5.41, 5.74) is 3.53. The van der Waals surface area contributed by atoms with Crippen LogP contribution in [-0.4, -0.2) is 0 Å². The molecule has 0 heterocycles. The van der Waals surface area contributed by atoms with Crippen LogP contribution in [0.2, 0.25) is 5.02 Å². The highest BCUT2D eigenvalue weighted by Gasteiger charge is 2.18. The van der Waals surface area contributed by atoms with Gasteiger partial charge in [0.15, 0.2) is 0 Å². The molecule has 0 aliphatic heterocycles. The molecule has 3 heteroatoms. The predicted molar refractivity (Wildman–Crippen MR) is 84.6 cm³/mol.